The number of ketones is 1. The van der Waals surface area contributed by atoms with Crippen LogP contribution >= 0.6 is 0 Å². The summed E-state index contributed by atoms with van der Waals surface area (Å²) in [5, 5.41) is 1.21. The van der Waals surface area contributed by atoms with Crippen molar-refractivity contribution in [2.24, 2.45) is 5.41 Å². The number of benzene rings is 1. The number of hydrogen-bond acceptors (Lipinski definition) is 1. The molecular formula is C17H21NO. The van der Waals surface area contributed by atoms with Gasteiger partial charge in [-0.3, -0.25) is 4.79 Å². The van der Waals surface area contributed by atoms with E-state index in [1.807, 2.05) is 0 Å². The highest BCUT2D eigenvalue weighted by atomic mass is 16.1. The molecule has 1 aromatic carbocycles. The van der Waals surface area contributed by atoms with E-state index in [2.05, 4.69) is 57.8 Å². The molecule has 0 bridgehead atoms. The summed E-state index contributed by atoms with van der Waals surface area (Å²) in [6.07, 6.45) is 0.896. The Morgan fingerprint density at radius 2 is 1.79 bits per heavy atom. The molecule has 1 N–H and O–H groups in total. The maximum absolute atomic E-state index is 12.6. The third kappa shape index (κ3) is 1.66. The molecule has 1 heterocycles. The fraction of sp³-hybridized carbons (Fsp3) is 0.471. The minimum absolute atomic E-state index is 0.0266. The van der Waals surface area contributed by atoms with Crippen molar-refractivity contribution in [2.75, 3.05) is 0 Å². The Labute approximate surface area is 114 Å². The molecule has 0 fully saturated rings. The monoisotopic (exact) mass is 255 g/mol. The van der Waals surface area contributed by atoms with Crippen LogP contribution in [-0.2, 0) is 5.41 Å². The number of carbonyl (C=O) groups is 1. The van der Waals surface area contributed by atoms with Gasteiger partial charge in [0, 0.05) is 16.3 Å². The first-order valence-corrected chi connectivity index (χ1v) is 6.90. The maximum Gasteiger partial charge on any atom is 0.184 e. The second-order valence-electron chi connectivity index (χ2n) is 7.20. The molecule has 19 heavy (non-hydrogen) atoms. The van der Waals surface area contributed by atoms with Crippen molar-refractivity contribution >= 4 is 16.7 Å². The van der Waals surface area contributed by atoms with Crippen LogP contribution in [0, 0.1) is 12.3 Å². The molecule has 2 nitrogen and oxygen atoms in total. The predicted molar refractivity (Wildman–Crippen MR) is 78.8 cm³/mol. The predicted octanol–water partition coefficient (Wildman–Crippen LogP) is 4.37. The number of fused-ring (bicyclic) bond motifs is 3. The average Bonchev–Trinajstić information content (AvgIpc) is 2.64. The molecule has 0 spiro atoms. The van der Waals surface area contributed by atoms with E-state index in [-0.39, 0.29) is 16.6 Å². The smallest absolute Gasteiger partial charge is 0.184 e. The van der Waals surface area contributed by atoms with E-state index in [0.717, 1.165) is 17.6 Å². The van der Waals surface area contributed by atoms with Gasteiger partial charge in [0.15, 0.2) is 5.78 Å². The summed E-state index contributed by atoms with van der Waals surface area (Å²) in [5.41, 5.74) is 4.08. The van der Waals surface area contributed by atoms with Gasteiger partial charge in [0.25, 0.3) is 0 Å². The van der Waals surface area contributed by atoms with Crippen molar-refractivity contribution in [3.05, 3.63) is 35.0 Å². The van der Waals surface area contributed by atoms with Crippen molar-refractivity contribution in [2.45, 2.75) is 46.5 Å². The third-order valence-electron chi connectivity index (χ3n) is 4.36. The van der Waals surface area contributed by atoms with Gasteiger partial charge in [-0.1, -0.05) is 39.3 Å². The summed E-state index contributed by atoms with van der Waals surface area (Å²) >= 11 is 0. The number of nitrogens with one attached hydrogen (secondary N) is 1. The number of H-pyrrole nitrogens is 1. The quantitative estimate of drug-likeness (QED) is 0.745. The molecule has 3 rings (SSSR count). The zero-order chi connectivity index (χ0) is 14.0. The largest absolute Gasteiger partial charge is 0.352 e. The molecule has 0 saturated heterocycles. The molecule has 2 aromatic rings. The summed E-state index contributed by atoms with van der Waals surface area (Å²) in [5.74, 6) is 0.246. The van der Waals surface area contributed by atoms with Crippen LogP contribution in [0.4, 0.5) is 0 Å². The van der Waals surface area contributed by atoms with Gasteiger partial charge >= 0.3 is 0 Å². The van der Waals surface area contributed by atoms with Gasteiger partial charge in [0.05, 0.1) is 5.69 Å². The summed E-state index contributed by atoms with van der Waals surface area (Å²) in [4.78, 5) is 16.0. The second-order valence-corrected chi connectivity index (χ2v) is 7.20. The molecule has 0 unspecified atom stereocenters. The van der Waals surface area contributed by atoms with E-state index in [9.17, 15) is 4.79 Å². The van der Waals surface area contributed by atoms with Gasteiger partial charge < -0.3 is 4.98 Å². The van der Waals surface area contributed by atoms with Crippen LogP contribution in [0.25, 0.3) is 10.9 Å². The lowest BCUT2D eigenvalue weighted by atomic mass is 9.63. The van der Waals surface area contributed by atoms with Gasteiger partial charge in [-0.05, 0) is 36.5 Å². The standard InChI is InChI=1S/C17H21NO/c1-10-6-7-12-11(8-10)13-14(18-12)15(19)17(4,5)9-16(13,2)3/h6-8,18H,9H2,1-5H3. The zero-order valence-electron chi connectivity index (χ0n) is 12.3. The van der Waals surface area contributed by atoms with Gasteiger partial charge in [-0.25, -0.2) is 0 Å². The van der Waals surface area contributed by atoms with Crippen molar-refractivity contribution in [1.82, 2.24) is 4.98 Å². The third-order valence-corrected chi connectivity index (χ3v) is 4.36. The first-order valence-electron chi connectivity index (χ1n) is 6.90. The number of carbonyl (C=O) groups excluding carboxylic acids is 1. The first kappa shape index (κ1) is 12.5. The van der Waals surface area contributed by atoms with Gasteiger partial charge in [-0.15, -0.1) is 0 Å². The molecule has 2 heteroatoms. The highest BCUT2D eigenvalue weighted by Gasteiger charge is 2.45. The molecule has 0 aliphatic heterocycles. The summed E-state index contributed by atoms with van der Waals surface area (Å²) in [7, 11) is 0. The molecule has 1 aliphatic rings. The molecular weight excluding hydrogens is 234 g/mol. The topological polar surface area (TPSA) is 32.9 Å². The molecule has 0 radical (unpaired) electrons. The lowest BCUT2D eigenvalue weighted by molar-refractivity contribution is 0.0760. The van der Waals surface area contributed by atoms with Crippen LogP contribution in [0.2, 0.25) is 0 Å². The molecule has 100 valence electrons. The molecule has 0 saturated carbocycles. The number of aromatic amines is 1. The Morgan fingerprint density at radius 3 is 2.47 bits per heavy atom. The zero-order valence-corrected chi connectivity index (χ0v) is 12.3. The van der Waals surface area contributed by atoms with Gasteiger partial charge in [0.2, 0.25) is 0 Å². The second kappa shape index (κ2) is 3.50. The van der Waals surface area contributed by atoms with E-state index >= 15 is 0 Å². The lowest BCUT2D eigenvalue weighted by Gasteiger charge is -2.39. The molecule has 1 aliphatic carbocycles. The van der Waals surface area contributed by atoms with Crippen LogP contribution in [-0.4, -0.2) is 10.8 Å². The van der Waals surface area contributed by atoms with Crippen LogP contribution in [0.1, 0.15) is 55.7 Å². The normalized spacial score (nSPS) is 20.6. The van der Waals surface area contributed by atoms with E-state index in [1.54, 1.807) is 0 Å². The SMILES string of the molecule is Cc1ccc2[nH]c3c(c2c1)C(C)(C)CC(C)(C)C3=O. The Morgan fingerprint density at radius 1 is 1.11 bits per heavy atom. The van der Waals surface area contributed by atoms with E-state index in [4.69, 9.17) is 0 Å². The number of Topliss-reactive ketones (excluding diaryl/α,β-unsaturated/α-hetero) is 1. The van der Waals surface area contributed by atoms with Crippen LogP contribution in [0.5, 0.6) is 0 Å². The van der Waals surface area contributed by atoms with E-state index in [1.165, 1.54) is 16.5 Å². The molecule has 1 aromatic heterocycles. The Balaban J connectivity index is 2.40. The van der Waals surface area contributed by atoms with Crippen LogP contribution < -0.4 is 0 Å². The van der Waals surface area contributed by atoms with Crippen LogP contribution in [0.3, 0.4) is 0 Å². The fourth-order valence-electron chi connectivity index (χ4n) is 3.79. The minimum Gasteiger partial charge on any atom is -0.352 e. The van der Waals surface area contributed by atoms with Crippen molar-refractivity contribution in [3.63, 3.8) is 0 Å². The van der Waals surface area contributed by atoms with E-state index < -0.39 is 0 Å². The number of rotatable bonds is 0. The Bertz CT molecular complexity index is 689. The first-order chi connectivity index (χ1) is 8.72. The van der Waals surface area contributed by atoms with Crippen molar-refractivity contribution in [3.8, 4) is 0 Å². The summed E-state index contributed by atoms with van der Waals surface area (Å²) in [6.45, 7) is 10.7. The molecule has 0 amide bonds. The van der Waals surface area contributed by atoms with Crippen molar-refractivity contribution in [1.29, 1.82) is 0 Å². The Hall–Kier alpha value is -1.57. The van der Waals surface area contributed by atoms with Crippen LogP contribution in [0.15, 0.2) is 18.2 Å². The maximum atomic E-state index is 12.6. The highest BCUT2D eigenvalue weighted by Crippen LogP contribution is 2.48. The summed E-state index contributed by atoms with van der Waals surface area (Å²) < 4.78 is 0. The highest BCUT2D eigenvalue weighted by molar-refractivity contribution is 6.07. The Kier molecular flexibility index (Phi) is 2.30. The van der Waals surface area contributed by atoms with Gasteiger partial charge in [0.1, 0.15) is 0 Å². The fourth-order valence-corrected chi connectivity index (χ4v) is 3.79. The lowest BCUT2D eigenvalue weighted by Crippen LogP contribution is -2.39. The number of aromatic nitrogens is 1. The van der Waals surface area contributed by atoms with E-state index in [0.29, 0.717) is 0 Å². The number of aryl methyl sites for hydroxylation is 1. The minimum atomic E-state index is -0.285. The average molecular weight is 255 g/mol. The number of hydrogen-bond donors (Lipinski definition) is 1. The van der Waals surface area contributed by atoms with Crippen molar-refractivity contribution < 1.29 is 4.79 Å². The van der Waals surface area contributed by atoms with Gasteiger partial charge in [-0.2, -0.15) is 0 Å². The molecule has 0 atom stereocenters. The summed E-state index contributed by atoms with van der Waals surface area (Å²) in [6, 6.07) is 6.37.